The Bertz CT molecular complexity index is 981. The topological polar surface area (TPSA) is 81.5 Å². The van der Waals surface area contributed by atoms with Gasteiger partial charge in [-0.1, -0.05) is 42.5 Å². The number of hydrogen-bond acceptors (Lipinski definition) is 6. The van der Waals surface area contributed by atoms with Crippen molar-refractivity contribution in [3.63, 3.8) is 0 Å². The minimum atomic E-state index is -1.48. The predicted octanol–water partition coefficient (Wildman–Crippen LogP) is 2.16. The summed E-state index contributed by atoms with van der Waals surface area (Å²) >= 11 is 0. The third-order valence-corrected chi connectivity index (χ3v) is 5.14. The number of fused-ring (bicyclic) bond motifs is 1. The van der Waals surface area contributed by atoms with Crippen LogP contribution in [0.5, 0.6) is 0 Å². The molecule has 0 aliphatic carbocycles. The van der Waals surface area contributed by atoms with Gasteiger partial charge in [0.05, 0.1) is 0 Å². The van der Waals surface area contributed by atoms with Gasteiger partial charge < -0.3 is 20.3 Å². The molecule has 4 rings (SSSR count). The van der Waals surface area contributed by atoms with E-state index >= 15 is 0 Å². The molecule has 0 saturated carbocycles. The van der Waals surface area contributed by atoms with Gasteiger partial charge in [0.1, 0.15) is 5.82 Å². The standard InChI is InChI=1S/C21H23BN4O2/c1-14-12-24-21(25-20(14)23-13-16-7-4-3-5-8-16)26-15(2)11-17-18(22(27)28)9-6-10-19(17)26/h3-10,12,15,27-28H,11,13H2,1-2H3,(H,23,24,25). The summed E-state index contributed by atoms with van der Waals surface area (Å²) in [7, 11) is -1.48. The maximum atomic E-state index is 9.69. The van der Waals surface area contributed by atoms with E-state index in [0.717, 1.165) is 22.6 Å². The van der Waals surface area contributed by atoms with Crippen LogP contribution in [-0.2, 0) is 13.0 Å². The quantitative estimate of drug-likeness (QED) is 0.594. The van der Waals surface area contributed by atoms with Crippen LogP contribution >= 0.6 is 0 Å². The van der Waals surface area contributed by atoms with E-state index in [1.54, 1.807) is 6.07 Å². The highest BCUT2D eigenvalue weighted by molar-refractivity contribution is 6.59. The largest absolute Gasteiger partial charge is 0.488 e. The van der Waals surface area contributed by atoms with E-state index in [4.69, 9.17) is 4.98 Å². The maximum absolute atomic E-state index is 9.69. The highest BCUT2D eigenvalue weighted by Gasteiger charge is 2.33. The van der Waals surface area contributed by atoms with E-state index in [9.17, 15) is 10.0 Å². The molecule has 6 nitrogen and oxygen atoms in total. The van der Waals surface area contributed by atoms with Crippen LogP contribution in [0.3, 0.4) is 0 Å². The van der Waals surface area contributed by atoms with E-state index < -0.39 is 7.12 Å². The zero-order valence-corrected chi connectivity index (χ0v) is 16.0. The molecule has 0 bridgehead atoms. The number of aryl methyl sites for hydroxylation is 1. The minimum Gasteiger partial charge on any atom is -0.423 e. The van der Waals surface area contributed by atoms with Crippen LogP contribution in [0.2, 0.25) is 0 Å². The van der Waals surface area contributed by atoms with Crippen molar-refractivity contribution in [3.05, 3.63) is 71.4 Å². The summed E-state index contributed by atoms with van der Waals surface area (Å²) in [6, 6.07) is 15.9. The van der Waals surface area contributed by atoms with Gasteiger partial charge in [-0.05, 0) is 42.9 Å². The van der Waals surface area contributed by atoms with Gasteiger partial charge >= 0.3 is 7.12 Å². The van der Waals surface area contributed by atoms with E-state index in [0.29, 0.717) is 24.4 Å². The van der Waals surface area contributed by atoms with E-state index in [-0.39, 0.29) is 6.04 Å². The number of aromatic nitrogens is 2. The molecule has 1 aromatic heterocycles. The smallest absolute Gasteiger partial charge is 0.423 e. The van der Waals surface area contributed by atoms with Gasteiger partial charge in [0.2, 0.25) is 5.95 Å². The van der Waals surface area contributed by atoms with Gasteiger partial charge in [0, 0.05) is 30.0 Å². The SMILES string of the molecule is Cc1cnc(N2c3cccc(B(O)O)c3CC2C)nc1NCc1ccccc1. The summed E-state index contributed by atoms with van der Waals surface area (Å²) in [6.07, 6.45) is 2.54. The molecule has 2 aromatic carbocycles. The van der Waals surface area contributed by atoms with Gasteiger partial charge in [-0.2, -0.15) is 4.98 Å². The summed E-state index contributed by atoms with van der Waals surface area (Å²) in [4.78, 5) is 11.4. The van der Waals surface area contributed by atoms with Crippen molar-refractivity contribution in [2.24, 2.45) is 0 Å². The molecular formula is C21H23BN4O2. The third kappa shape index (κ3) is 3.46. The second-order valence-electron chi connectivity index (χ2n) is 7.18. The van der Waals surface area contributed by atoms with Crippen molar-refractivity contribution in [1.29, 1.82) is 0 Å². The molecule has 0 saturated heterocycles. The zero-order valence-electron chi connectivity index (χ0n) is 16.0. The molecule has 1 unspecified atom stereocenters. The second kappa shape index (κ2) is 7.62. The molecule has 1 aliphatic rings. The first-order valence-corrected chi connectivity index (χ1v) is 9.43. The van der Waals surface area contributed by atoms with Gasteiger partial charge in [-0.15, -0.1) is 0 Å². The fraction of sp³-hybridized carbons (Fsp3) is 0.238. The van der Waals surface area contributed by atoms with Gasteiger partial charge in [0.15, 0.2) is 0 Å². The monoisotopic (exact) mass is 374 g/mol. The molecule has 3 aromatic rings. The Morgan fingerprint density at radius 3 is 2.68 bits per heavy atom. The van der Waals surface area contributed by atoms with Crippen LogP contribution in [0.4, 0.5) is 17.5 Å². The number of hydrogen-bond donors (Lipinski definition) is 3. The highest BCUT2D eigenvalue weighted by atomic mass is 16.4. The minimum absolute atomic E-state index is 0.125. The number of anilines is 3. The molecule has 0 spiro atoms. The Morgan fingerprint density at radius 1 is 1.14 bits per heavy atom. The van der Waals surface area contributed by atoms with Crippen LogP contribution in [0.1, 0.15) is 23.6 Å². The summed E-state index contributed by atoms with van der Waals surface area (Å²) < 4.78 is 0. The Labute approximate surface area is 165 Å². The summed E-state index contributed by atoms with van der Waals surface area (Å²) in [5, 5.41) is 22.8. The van der Waals surface area contributed by atoms with Crippen LogP contribution in [-0.4, -0.2) is 33.2 Å². The normalized spacial score (nSPS) is 15.4. The predicted molar refractivity (Wildman–Crippen MR) is 112 cm³/mol. The molecule has 7 heteroatoms. The van der Waals surface area contributed by atoms with Crippen LogP contribution in [0, 0.1) is 6.92 Å². The number of nitrogens with zero attached hydrogens (tertiary/aromatic N) is 3. The second-order valence-corrected chi connectivity index (χ2v) is 7.18. The fourth-order valence-electron chi connectivity index (χ4n) is 3.72. The summed E-state index contributed by atoms with van der Waals surface area (Å²) in [5.41, 5.74) is 4.57. The summed E-state index contributed by atoms with van der Waals surface area (Å²) in [6.45, 7) is 4.76. The molecule has 1 aliphatic heterocycles. The first kappa shape index (κ1) is 18.5. The molecular weight excluding hydrogens is 351 g/mol. The van der Waals surface area contributed by atoms with Crippen molar-refractivity contribution in [1.82, 2.24) is 9.97 Å². The van der Waals surface area contributed by atoms with Crippen molar-refractivity contribution >= 4 is 30.0 Å². The lowest BCUT2D eigenvalue weighted by Gasteiger charge is -2.23. The fourth-order valence-corrected chi connectivity index (χ4v) is 3.72. The average molecular weight is 374 g/mol. The number of nitrogens with one attached hydrogen (secondary N) is 1. The first-order chi connectivity index (χ1) is 13.5. The molecule has 3 N–H and O–H groups in total. The van der Waals surface area contributed by atoms with Crippen LogP contribution in [0.25, 0.3) is 0 Å². The van der Waals surface area contributed by atoms with Crippen LogP contribution in [0.15, 0.2) is 54.7 Å². The Balaban J connectivity index is 1.65. The van der Waals surface area contributed by atoms with Crippen molar-refractivity contribution in [3.8, 4) is 0 Å². The van der Waals surface area contributed by atoms with E-state index in [1.165, 1.54) is 5.56 Å². The van der Waals surface area contributed by atoms with Gasteiger partial charge in [0.25, 0.3) is 0 Å². The molecule has 2 heterocycles. The maximum Gasteiger partial charge on any atom is 0.488 e. The van der Waals surface area contributed by atoms with Crippen molar-refractivity contribution < 1.29 is 10.0 Å². The lowest BCUT2D eigenvalue weighted by molar-refractivity contribution is 0.425. The highest BCUT2D eigenvalue weighted by Crippen LogP contribution is 2.36. The Kier molecular flexibility index (Phi) is 5.02. The molecule has 0 fully saturated rings. The lowest BCUT2D eigenvalue weighted by atomic mass is 9.76. The average Bonchev–Trinajstić information content (AvgIpc) is 3.04. The van der Waals surface area contributed by atoms with E-state index in [1.807, 2.05) is 43.5 Å². The number of benzene rings is 2. The zero-order chi connectivity index (χ0) is 19.7. The lowest BCUT2D eigenvalue weighted by Crippen LogP contribution is -2.32. The summed E-state index contributed by atoms with van der Waals surface area (Å²) in [5.74, 6) is 1.41. The Morgan fingerprint density at radius 2 is 1.93 bits per heavy atom. The first-order valence-electron chi connectivity index (χ1n) is 9.43. The molecule has 0 amide bonds. The molecule has 142 valence electrons. The molecule has 0 radical (unpaired) electrons. The molecule has 28 heavy (non-hydrogen) atoms. The van der Waals surface area contributed by atoms with E-state index in [2.05, 4.69) is 34.3 Å². The Hall–Kier alpha value is -2.90. The molecule has 1 atom stereocenters. The number of rotatable bonds is 5. The van der Waals surface area contributed by atoms with Crippen molar-refractivity contribution in [2.75, 3.05) is 10.2 Å². The van der Waals surface area contributed by atoms with Crippen LogP contribution < -0.4 is 15.7 Å². The van der Waals surface area contributed by atoms with Gasteiger partial charge in [-0.25, -0.2) is 4.98 Å². The third-order valence-electron chi connectivity index (χ3n) is 5.14. The van der Waals surface area contributed by atoms with Crippen molar-refractivity contribution in [2.45, 2.75) is 32.9 Å². The van der Waals surface area contributed by atoms with Gasteiger partial charge in [-0.3, -0.25) is 0 Å².